The molecule has 0 aliphatic heterocycles. The zero-order valence-corrected chi connectivity index (χ0v) is 11.3. The smallest absolute Gasteiger partial charge is 0.137 e. The first kappa shape index (κ1) is 11.9. The first-order valence-electron chi connectivity index (χ1n) is 5.95. The second-order valence-corrected chi connectivity index (χ2v) is 5.40. The third kappa shape index (κ3) is 2.62. The summed E-state index contributed by atoms with van der Waals surface area (Å²) in [5.74, 6) is 0.504. The molecule has 0 atom stereocenters. The van der Waals surface area contributed by atoms with Gasteiger partial charge in [-0.1, -0.05) is 0 Å². The van der Waals surface area contributed by atoms with Crippen molar-refractivity contribution in [3.05, 3.63) is 40.4 Å². The number of aromatic amines is 1. The Kier molecular flexibility index (Phi) is 3.18. The van der Waals surface area contributed by atoms with Crippen LogP contribution in [0, 0.1) is 5.82 Å². The molecule has 1 aliphatic carbocycles. The second kappa shape index (κ2) is 4.82. The Morgan fingerprint density at radius 2 is 2.28 bits per heavy atom. The quantitative estimate of drug-likeness (QED) is 0.910. The van der Waals surface area contributed by atoms with Gasteiger partial charge in [-0.3, -0.25) is 0 Å². The molecule has 2 aromatic rings. The Bertz CT molecular complexity index is 563. The van der Waals surface area contributed by atoms with Crippen LogP contribution in [0.4, 0.5) is 4.39 Å². The van der Waals surface area contributed by atoms with Crippen LogP contribution < -0.4 is 5.32 Å². The van der Waals surface area contributed by atoms with Crippen molar-refractivity contribution in [3.63, 3.8) is 0 Å². The minimum Gasteiger partial charge on any atom is -0.341 e. The number of nitrogens with one attached hydrogen (secondary N) is 2. The molecule has 3 rings (SSSR count). The highest BCUT2D eigenvalue weighted by Gasteiger charge is 2.20. The summed E-state index contributed by atoms with van der Waals surface area (Å²) in [6, 6.07) is 5.56. The van der Waals surface area contributed by atoms with E-state index in [9.17, 15) is 4.39 Å². The van der Waals surface area contributed by atoms with Crippen molar-refractivity contribution in [2.75, 3.05) is 0 Å². The highest BCUT2D eigenvalue weighted by Crippen LogP contribution is 2.23. The fourth-order valence-electron chi connectivity index (χ4n) is 1.78. The Balaban J connectivity index is 1.76. The minimum absolute atomic E-state index is 0.263. The zero-order valence-electron chi connectivity index (χ0n) is 9.71. The van der Waals surface area contributed by atoms with E-state index in [0.29, 0.717) is 10.5 Å². The van der Waals surface area contributed by atoms with Crippen molar-refractivity contribution >= 4 is 15.9 Å². The van der Waals surface area contributed by atoms with Crippen molar-refractivity contribution in [1.82, 2.24) is 15.3 Å². The Morgan fingerprint density at radius 1 is 1.44 bits per heavy atom. The van der Waals surface area contributed by atoms with Crippen LogP contribution in [0.3, 0.4) is 0 Å². The molecule has 2 N–H and O–H groups in total. The highest BCUT2D eigenvalue weighted by molar-refractivity contribution is 9.10. The van der Waals surface area contributed by atoms with Gasteiger partial charge in [0.1, 0.15) is 11.6 Å². The lowest BCUT2D eigenvalue weighted by Gasteiger charge is -2.00. The predicted octanol–water partition coefficient (Wildman–Crippen LogP) is 3.23. The maximum Gasteiger partial charge on any atom is 0.137 e. The molecule has 0 saturated heterocycles. The van der Waals surface area contributed by atoms with E-state index >= 15 is 0 Å². The molecule has 1 heterocycles. The molecule has 0 radical (unpaired) electrons. The lowest BCUT2D eigenvalue weighted by molar-refractivity contribution is 0.621. The van der Waals surface area contributed by atoms with E-state index in [2.05, 4.69) is 31.2 Å². The van der Waals surface area contributed by atoms with E-state index in [1.165, 1.54) is 18.9 Å². The van der Waals surface area contributed by atoms with Gasteiger partial charge >= 0.3 is 0 Å². The van der Waals surface area contributed by atoms with E-state index < -0.39 is 0 Å². The van der Waals surface area contributed by atoms with Crippen molar-refractivity contribution in [1.29, 1.82) is 0 Å². The number of imidazole rings is 1. The normalized spacial score (nSPS) is 15.0. The zero-order chi connectivity index (χ0) is 12.5. The molecule has 0 amide bonds. The molecule has 3 nitrogen and oxygen atoms in total. The average molecular weight is 310 g/mol. The molecule has 1 fully saturated rings. The van der Waals surface area contributed by atoms with Crippen molar-refractivity contribution in [2.24, 2.45) is 0 Å². The molecule has 1 aromatic heterocycles. The molecule has 94 valence electrons. The van der Waals surface area contributed by atoms with Crippen LogP contribution >= 0.6 is 15.9 Å². The summed E-state index contributed by atoms with van der Waals surface area (Å²) in [6.45, 7) is 0.806. The number of hydrogen-bond donors (Lipinski definition) is 2. The first-order chi connectivity index (χ1) is 8.72. The fraction of sp³-hybridized carbons (Fsp3) is 0.308. The van der Waals surface area contributed by atoms with Crippen LogP contribution in [0.5, 0.6) is 0 Å². The van der Waals surface area contributed by atoms with Gasteiger partial charge in [0.2, 0.25) is 0 Å². The Labute approximate surface area is 113 Å². The molecular formula is C13H13BrFN3. The van der Waals surface area contributed by atoms with Crippen molar-refractivity contribution in [2.45, 2.75) is 25.4 Å². The van der Waals surface area contributed by atoms with Crippen LogP contribution in [0.25, 0.3) is 11.4 Å². The summed E-state index contributed by atoms with van der Waals surface area (Å²) < 4.78 is 13.6. The molecule has 1 aromatic carbocycles. The standard InChI is InChI=1S/C13H13BrFN3/c14-11-5-8(1-4-12(11)15)13-17-7-10(18-13)6-16-9-2-3-9/h1,4-5,7,9,16H,2-3,6H2,(H,17,18). The molecule has 1 aliphatic rings. The molecule has 0 spiro atoms. The van der Waals surface area contributed by atoms with Crippen LogP contribution in [0.15, 0.2) is 28.9 Å². The average Bonchev–Trinajstić information content (AvgIpc) is 3.08. The number of rotatable bonds is 4. The SMILES string of the molecule is Fc1ccc(-c2ncc(CNC3CC3)[nH]2)cc1Br. The van der Waals surface area contributed by atoms with Gasteiger partial charge in [0.05, 0.1) is 4.47 Å². The van der Waals surface area contributed by atoms with Gasteiger partial charge in [-0.25, -0.2) is 9.37 Å². The number of aromatic nitrogens is 2. The molecule has 18 heavy (non-hydrogen) atoms. The summed E-state index contributed by atoms with van der Waals surface area (Å²) in [4.78, 5) is 7.56. The van der Waals surface area contributed by atoms with E-state index in [0.717, 1.165) is 23.6 Å². The predicted molar refractivity (Wildman–Crippen MR) is 71.5 cm³/mol. The Hall–Kier alpha value is -1.20. The van der Waals surface area contributed by atoms with E-state index in [4.69, 9.17) is 0 Å². The number of hydrogen-bond acceptors (Lipinski definition) is 2. The van der Waals surface area contributed by atoms with Crippen molar-refractivity contribution < 1.29 is 4.39 Å². The Morgan fingerprint density at radius 3 is 3.00 bits per heavy atom. The van der Waals surface area contributed by atoms with Gasteiger partial charge in [-0.2, -0.15) is 0 Å². The van der Waals surface area contributed by atoms with Crippen LogP contribution in [0.1, 0.15) is 18.5 Å². The van der Waals surface area contributed by atoms with Crippen LogP contribution in [0.2, 0.25) is 0 Å². The van der Waals surface area contributed by atoms with E-state index in [1.54, 1.807) is 12.1 Å². The maximum absolute atomic E-state index is 13.1. The van der Waals surface area contributed by atoms with Gasteiger partial charge in [0.25, 0.3) is 0 Å². The number of halogens is 2. The van der Waals surface area contributed by atoms with E-state index in [-0.39, 0.29) is 5.82 Å². The monoisotopic (exact) mass is 309 g/mol. The first-order valence-corrected chi connectivity index (χ1v) is 6.74. The summed E-state index contributed by atoms with van der Waals surface area (Å²) >= 11 is 3.18. The van der Waals surface area contributed by atoms with Gasteiger partial charge in [-0.15, -0.1) is 0 Å². The van der Waals surface area contributed by atoms with Crippen molar-refractivity contribution in [3.8, 4) is 11.4 Å². The lowest BCUT2D eigenvalue weighted by atomic mass is 10.2. The van der Waals surface area contributed by atoms with Crippen LogP contribution in [-0.2, 0) is 6.54 Å². The minimum atomic E-state index is -0.263. The molecule has 5 heteroatoms. The maximum atomic E-state index is 13.1. The fourth-order valence-corrected chi connectivity index (χ4v) is 2.16. The highest BCUT2D eigenvalue weighted by atomic mass is 79.9. The van der Waals surface area contributed by atoms with Gasteiger partial charge in [-0.05, 0) is 47.0 Å². The molecule has 0 bridgehead atoms. The number of benzene rings is 1. The molecular weight excluding hydrogens is 297 g/mol. The van der Waals surface area contributed by atoms with Crippen LogP contribution in [-0.4, -0.2) is 16.0 Å². The lowest BCUT2D eigenvalue weighted by Crippen LogP contribution is -2.15. The number of nitrogens with zero attached hydrogens (tertiary/aromatic N) is 1. The van der Waals surface area contributed by atoms with Gasteiger partial charge in [0.15, 0.2) is 0 Å². The summed E-state index contributed by atoms with van der Waals surface area (Å²) in [5, 5.41) is 3.42. The number of H-pyrrole nitrogens is 1. The topological polar surface area (TPSA) is 40.7 Å². The largest absolute Gasteiger partial charge is 0.341 e. The van der Waals surface area contributed by atoms with Gasteiger partial charge < -0.3 is 10.3 Å². The summed E-state index contributed by atoms with van der Waals surface area (Å²) in [5.41, 5.74) is 1.93. The summed E-state index contributed by atoms with van der Waals surface area (Å²) in [6.07, 6.45) is 4.36. The van der Waals surface area contributed by atoms with E-state index in [1.807, 2.05) is 6.20 Å². The molecule has 0 unspecified atom stereocenters. The third-order valence-electron chi connectivity index (χ3n) is 2.98. The third-order valence-corrected chi connectivity index (χ3v) is 3.59. The molecule has 1 saturated carbocycles. The second-order valence-electron chi connectivity index (χ2n) is 4.54. The summed E-state index contributed by atoms with van der Waals surface area (Å²) in [7, 11) is 0. The van der Waals surface area contributed by atoms with Gasteiger partial charge in [0, 0.05) is 30.0 Å².